The summed E-state index contributed by atoms with van der Waals surface area (Å²) in [6.45, 7) is 1.51. The summed E-state index contributed by atoms with van der Waals surface area (Å²) in [5.74, 6) is -0.330. The molecule has 9 nitrogen and oxygen atoms in total. The summed E-state index contributed by atoms with van der Waals surface area (Å²) >= 11 is 0. The molecule has 2 heterocycles. The Morgan fingerprint density at radius 1 is 0.967 bits per heavy atom. The topological polar surface area (TPSA) is 150 Å². The van der Waals surface area contributed by atoms with Crippen molar-refractivity contribution in [3.05, 3.63) is 52.9 Å². The van der Waals surface area contributed by atoms with Crippen LogP contribution < -0.4 is 10.2 Å². The van der Waals surface area contributed by atoms with Gasteiger partial charge in [0.1, 0.15) is 52.8 Å². The number of phenolic OH excluding ortho intramolecular Hbond substituents is 2. The van der Waals surface area contributed by atoms with E-state index in [9.17, 15) is 30.3 Å². The molecule has 4 rings (SSSR count). The van der Waals surface area contributed by atoms with Crippen LogP contribution in [0.3, 0.4) is 0 Å². The summed E-state index contributed by atoms with van der Waals surface area (Å²) in [7, 11) is 0. The normalized spacial score (nSPS) is 26.6. The third kappa shape index (κ3) is 3.48. The second kappa shape index (κ2) is 7.62. The first-order valence-electron chi connectivity index (χ1n) is 9.20. The molecule has 1 fully saturated rings. The Balaban J connectivity index is 1.69. The highest BCUT2D eigenvalue weighted by molar-refractivity contribution is 5.88. The maximum Gasteiger partial charge on any atom is 0.229 e. The lowest BCUT2D eigenvalue weighted by Crippen LogP contribution is -2.58. The van der Waals surface area contributed by atoms with Crippen LogP contribution in [0.25, 0.3) is 22.1 Å². The molecule has 0 aliphatic carbocycles. The number of hydrogen-bond acceptors (Lipinski definition) is 9. The van der Waals surface area contributed by atoms with Crippen molar-refractivity contribution in [3.8, 4) is 28.4 Å². The van der Waals surface area contributed by atoms with Crippen molar-refractivity contribution in [2.24, 2.45) is 0 Å². The number of aliphatic hydroxyl groups excluding tert-OH is 3. The van der Waals surface area contributed by atoms with Crippen molar-refractivity contribution in [1.29, 1.82) is 0 Å². The summed E-state index contributed by atoms with van der Waals surface area (Å²) in [6, 6.07) is 8.46. The third-order valence-corrected chi connectivity index (χ3v) is 5.07. The van der Waals surface area contributed by atoms with E-state index in [1.165, 1.54) is 31.4 Å². The molecular weight excluding hydrogens is 396 g/mol. The lowest BCUT2D eigenvalue weighted by atomic mass is 10.00. The fourth-order valence-corrected chi connectivity index (χ4v) is 3.36. The van der Waals surface area contributed by atoms with Crippen LogP contribution >= 0.6 is 0 Å². The van der Waals surface area contributed by atoms with Crippen molar-refractivity contribution < 1.29 is 39.4 Å². The fourth-order valence-electron chi connectivity index (χ4n) is 3.36. The Morgan fingerprint density at radius 3 is 2.37 bits per heavy atom. The van der Waals surface area contributed by atoms with Crippen LogP contribution in [0.15, 0.2) is 51.9 Å². The Morgan fingerprint density at radius 2 is 1.67 bits per heavy atom. The first-order valence-corrected chi connectivity index (χ1v) is 9.20. The first-order chi connectivity index (χ1) is 14.3. The Hall–Kier alpha value is -3.11. The molecule has 1 aliphatic heterocycles. The van der Waals surface area contributed by atoms with Gasteiger partial charge in [0.05, 0.1) is 11.7 Å². The number of ether oxygens (including phenoxy) is 2. The number of phenols is 2. The van der Waals surface area contributed by atoms with E-state index in [-0.39, 0.29) is 28.0 Å². The van der Waals surface area contributed by atoms with Crippen molar-refractivity contribution in [1.82, 2.24) is 0 Å². The largest absolute Gasteiger partial charge is 0.508 e. The molecule has 1 aromatic heterocycles. The van der Waals surface area contributed by atoms with Gasteiger partial charge in [0.25, 0.3) is 0 Å². The number of aliphatic hydroxyl groups is 3. The molecule has 0 radical (unpaired) electrons. The number of benzene rings is 2. The van der Waals surface area contributed by atoms with Crippen molar-refractivity contribution >= 4 is 11.0 Å². The highest BCUT2D eigenvalue weighted by Crippen LogP contribution is 2.32. The SMILES string of the molecule is C[C@@H]1O[C@@H](Oc2cc(O)c3c(=O)c(-c4ccc(O)cc4)coc3c2)[C@H](O)[C@H](O)[C@@H]1O. The average Bonchev–Trinajstić information content (AvgIpc) is 2.71. The van der Waals surface area contributed by atoms with Gasteiger partial charge < -0.3 is 39.4 Å². The van der Waals surface area contributed by atoms with Gasteiger partial charge in [-0.25, -0.2) is 0 Å². The quantitative estimate of drug-likeness (QED) is 0.423. The lowest BCUT2D eigenvalue weighted by molar-refractivity contribution is -0.268. The molecule has 1 aliphatic rings. The summed E-state index contributed by atoms with van der Waals surface area (Å²) in [5, 5.41) is 49.5. The smallest absolute Gasteiger partial charge is 0.229 e. The molecular formula is C21H20O9. The van der Waals surface area contributed by atoms with Crippen LogP contribution in [0.5, 0.6) is 17.2 Å². The molecule has 9 heteroatoms. The van der Waals surface area contributed by atoms with E-state index in [1.807, 2.05) is 0 Å². The van der Waals surface area contributed by atoms with Gasteiger partial charge in [0, 0.05) is 12.1 Å². The van der Waals surface area contributed by atoms with E-state index < -0.39 is 41.9 Å². The van der Waals surface area contributed by atoms with Crippen molar-refractivity contribution in [3.63, 3.8) is 0 Å². The van der Waals surface area contributed by atoms with Crippen molar-refractivity contribution in [2.75, 3.05) is 0 Å². The van der Waals surface area contributed by atoms with Gasteiger partial charge in [-0.1, -0.05) is 12.1 Å². The third-order valence-electron chi connectivity index (χ3n) is 5.07. The second-order valence-corrected chi connectivity index (χ2v) is 7.14. The molecule has 0 saturated carbocycles. The second-order valence-electron chi connectivity index (χ2n) is 7.14. The van der Waals surface area contributed by atoms with Crippen molar-refractivity contribution in [2.45, 2.75) is 37.6 Å². The van der Waals surface area contributed by atoms with Gasteiger partial charge in [0.15, 0.2) is 0 Å². The van der Waals surface area contributed by atoms with E-state index in [4.69, 9.17) is 13.9 Å². The van der Waals surface area contributed by atoms with Crippen LogP contribution in [-0.2, 0) is 4.74 Å². The summed E-state index contributed by atoms with van der Waals surface area (Å²) in [5.41, 5.74) is 0.260. The first kappa shape index (κ1) is 20.2. The molecule has 158 valence electrons. The van der Waals surface area contributed by atoms with Gasteiger partial charge in [-0.2, -0.15) is 0 Å². The van der Waals surface area contributed by atoms with E-state index in [2.05, 4.69) is 0 Å². The van der Waals surface area contributed by atoms with E-state index in [0.29, 0.717) is 5.56 Å². The molecule has 5 atom stereocenters. The summed E-state index contributed by atoms with van der Waals surface area (Å²) < 4.78 is 16.4. The van der Waals surface area contributed by atoms with Gasteiger partial charge in [-0.15, -0.1) is 0 Å². The number of hydrogen-bond donors (Lipinski definition) is 5. The van der Waals surface area contributed by atoms with E-state index in [0.717, 1.165) is 6.07 Å². The van der Waals surface area contributed by atoms with Gasteiger partial charge >= 0.3 is 0 Å². The zero-order chi connectivity index (χ0) is 21.6. The minimum atomic E-state index is -1.53. The molecule has 30 heavy (non-hydrogen) atoms. The van der Waals surface area contributed by atoms with Gasteiger partial charge in [-0.05, 0) is 24.6 Å². The monoisotopic (exact) mass is 416 g/mol. The number of aromatic hydroxyl groups is 2. The lowest BCUT2D eigenvalue weighted by Gasteiger charge is -2.38. The molecule has 1 saturated heterocycles. The predicted molar refractivity (Wildman–Crippen MR) is 104 cm³/mol. The molecule has 0 amide bonds. The maximum absolute atomic E-state index is 12.9. The molecule has 5 N–H and O–H groups in total. The van der Waals surface area contributed by atoms with Gasteiger partial charge in [-0.3, -0.25) is 4.79 Å². The van der Waals surface area contributed by atoms with E-state index >= 15 is 0 Å². The standard InChI is InChI=1S/C21H20O9/c1-9-17(24)19(26)20(27)21(29-9)30-12-6-14(23)16-15(7-12)28-8-13(18(16)25)10-2-4-11(22)5-3-10/h2-9,17,19-24,26-27H,1H3/t9-,17+,19+,20+,21-/m0/s1. The van der Waals surface area contributed by atoms with E-state index in [1.54, 1.807) is 12.1 Å². The summed E-state index contributed by atoms with van der Waals surface area (Å²) in [6.07, 6.45) is -5.15. The highest BCUT2D eigenvalue weighted by Gasteiger charge is 2.43. The van der Waals surface area contributed by atoms with Crippen LogP contribution in [0.2, 0.25) is 0 Å². The number of rotatable bonds is 3. The number of fused-ring (bicyclic) bond motifs is 1. The Kier molecular flexibility index (Phi) is 5.12. The molecule has 3 aromatic rings. The highest BCUT2D eigenvalue weighted by atomic mass is 16.7. The average molecular weight is 416 g/mol. The van der Waals surface area contributed by atoms with Crippen LogP contribution in [0.4, 0.5) is 0 Å². The molecule has 0 spiro atoms. The van der Waals surface area contributed by atoms with Crippen LogP contribution in [0.1, 0.15) is 6.92 Å². The predicted octanol–water partition coefficient (Wildman–Crippen LogP) is 1.08. The molecule has 2 aromatic carbocycles. The minimum Gasteiger partial charge on any atom is -0.508 e. The van der Waals surface area contributed by atoms with Crippen LogP contribution in [0, 0.1) is 0 Å². The summed E-state index contributed by atoms with van der Waals surface area (Å²) in [4.78, 5) is 12.9. The molecule has 0 unspecified atom stereocenters. The van der Waals surface area contributed by atoms with Crippen LogP contribution in [-0.4, -0.2) is 56.2 Å². The Labute approximate surface area is 170 Å². The van der Waals surface area contributed by atoms with Gasteiger partial charge in [0.2, 0.25) is 11.7 Å². The minimum absolute atomic E-state index is 0.0281. The molecule has 0 bridgehead atoms. The zero-order valence-electron chi connectivity index (χ0n) is 15.8. The maximum atomic E-state index is 12.9. The Bertz CT molecular complexity index is 1120. The fraction of sp³-hybridized carbons (Fsp3) is 0.286. The zero-order valence-corrected chi connectivity index (χ0v) is 15.8.